The molecule has 1 aromatic rings. The molecule has 0 saturated heterocycles. The highest BCUT2D eigenvalue weighted by Crippen LogP contribution is 2.28. The highest BCUT2D eigenvalue weighted by Gasteiger charge is 2.22. The van der Waals surface area contributed by atoms with Crippen molar-refractivity contribution in [2.24, 2.45) is 0 Å². The number of imide groups is 1. The first-order valence-electron chi connectivity index (χ1n) is 9.44. The van der Waals surface area contributed by atoms with E-state index < -0.39 is 24.0 Å². The van der Waals surface area contributed by atoms with Crippen molar-refractivity contribution in [2.45, 2.75) is 57.6 Å². The van der Waals surface area contributed by atoms with Crippen LogP contribution >= 0.6 is 0 Å². The first-order valence-corrected chi connectivity index (χ1v) is 9.44. The molecule has 1 fully saturated rings. The van der Waals surface area contributed by atoms with E-state index in [1.165, 1.54) is 6.92 Å². The van der Waals surface area contributed by atoms with E-state index in [2.05, 4.69) is 10.6 Å². The van der Waals surface area contributed by atoms with Crippen molar-refractivity contribution >= 4 is 17.9 Å². The zero-order valence-corrected chi connectivity index (χ0v) is 16.6. The summed E-state index contributed by atoms with van der Waals surface area (Å²) in [6, 6.07) is 4.93. The minimum atomic E-state index is -1.05. The largest absolute Gasteiger partial charge is 0.493 e. The van der Waals surface area contributed by atoms with Gasteiger partial charge in [-0.05, 0) is 43.9 Å². The third-order valence-corrected chi connectivity index (χ3v) is 4.67. The molecule has 2 N–H and O–H groups in total. The topological polar surface area (TPSA) is 103 Å². The number of nitrogens with one attached hydrogen (secondary N) is 2. The van der Waals surface area contributed by atoms with Gasteiger partial charge < -0.3 is 19.5 Å². The number of hydrogen-bond acceptors (Lipinski definition) is 6. The van der Waals surface area contributed by atoms with Gasteiger partial charge >= 0.3 is 12.0 Å². The van der Waals surface area contributed by atoms with Crippen LogP contribution in [0.4, 0.5) is 4.79 Å². The number of methoxy groups -OCH3 is 2. The molecule has 28 heavy (non-hydrogen) atoms. The van der Waals surface area contributed by atoms with Gasteiger partial charge in [-0.3, -0.25) is 14.9 Å². The molecule has 2 rings (SSSR count). The first-order chi connectivity index (χ1) is 13.4. The summed E-state index contributed by atoms with van der Waals surface area (Å²) in [6.07, 6.45) is 3.47. The first kappa shape index (κ1) is 21.5. The van der Waals surface area contributed by atoms with E-state index in [0.717, 1.165) is 31.2 Å². The molecular weight excluding hydrogens is 364 g/mol. The van der Waals surface area contributed by atoms with Gasteiger partial charge in [-0.15, -0.1) is 0 Å². The lowest BCUT2D eigenvalue weighted by atomic mass is 10.1. The van der Waals surface area contributed by atoms with Gasteiger partial charge in [0.25, 0.3) is 5.91 Å². The number of carbonyl (C=O) groups excluding carboxylic acids is 3. The Labute approximate surface area is 164 Å². The fraction of sp³-hybridized carbons (Fsp3) is 0.550. The Balaban J connectivity index is 1.75. The second kappa shape index (κ2) is 10.5. The maximum absolute atomic E-state index is 12.0. The van der Waals surface area contributed by atoms with Gasteiger partial charge in [-0.25, -0.2) is 4.79 Å². The van der Waals surface area contributed by atoms with Gasteiger partial charge in [-0.2, -0.15) is 0 Å². The molecule has 1 aromatic carbocycles. The van der Waals surface area contributed by atoms with Gasteiger partial charge in [0.15, 0.2) is 17.6 Å². The van der Waals surface area contributed by atoms with Crippen LogP contribution in [-0.2, 0) is 20.7 Å². The summed E-state index contributed by atoms with van der Waals surface area (Å²) >= 11 is 0. The molecule has 0 spiro atoms. The van der Waals surface area contributed by atoms with Gasteiger partial charge in [0.05, 0.1) is 14.2 Å². The second-order valence-corrected chi connectivity index (χ2v) is 6.77. The van der Waals surface area contributed by atoms with Crippen LogP contribution in [0.15, 0.2) is 18.2 Å². The third-order valence-electron chi connectivity index (χ3n) is 4.67. The number of benzene rings is 1. The molecule has 1 aliphatic rings. The van der Waals surface area contributed by atoms with Crippen LogP contribution in [0, 0.1) is 0 Å². The van der Waals surface area contributed by atoms with Crippen LogP contribution in [0.5, 0.6) is 11.5 Å². The molecule has 8 nitrogen and oxygen atoms in total. The molecule has 1 atom stereocenters. The zero-order valence-electron chi connectivity index (χ0n) is 16.6. The van der Waals surface area contributed by atoms with Crippen LogP contribution in [0.3, 0.4) is 0 Å². The highest BCUT2D eigenvalue weighted by molar-refractivity contribution is 5.97. The van der Waals surface area contributed by atoms with Gasteiger partial charge in [0, 0.05) is 12.5 Å². The van der Waals surface area contributed by atoms with E-state index >= 15 is 0 Å². The van der Waals surface area contributed by atoms with Crippen molar-refractivity contribution in [2.75, 3.05) is 14.2 Å². The van der Waals surface area contributed by atoms with Crippen LogP contribution in [0.25, 0.3) is 0 Å². The monoisotopic (exact) mass is 392 g/mol. The Kier molecular flexibility index (Phi) is 8.10. The van der Waals surface area contributed by atoms with E-state index in [4.69, 9.17) is 14.2 Å². The molecule has 0 heterocycles. The van der Waals surface area contributed by atoms with Crippen molar-refractivity contribution in [3.05, 3.63) is 23.8 Å². The van der Waals surface area contributed by atoms with Crippen molar-refractivity contribution in [3.8, 4) is 11.5 Å². The molecular formula is C20H28N2O6. The Hall–Kier alpha value is -2.77. The summed E-state index contributed by atoms with van der Waals surface area (Å²) in [5, 5.41) is 4.97. The maximum Gasteiger partial charge on any atom is 0.321 e. The van der Waals surface area contributed by atoms with Gasteiger partial charge in [0.1, 0.15) is 0 Å². The molecule has 3 amide bonds. The summed E-state index contributed by atoms with van der Waals surface area (Å²) in [4.78, 5) is 35.8. The molecule has 154 valence electrons. The molecule has 0 aromatic heterocycles. The molecule has 0 radical (unpaired) electrons. The van der Waals surface area contributed by atoms with Gasteiger partial charge in [-0.1, -0.05) is 18.9 Å². The fourth-order valence-corrected chi connectivity index (χ4v) is 3.10. The highest BCUT2D eigenvalue weighted by atomic mass is 16.5. The number of ether oxygens (including phenoxy) is 3. The quantitative estimate of drug-likeness (QED) is 0.658. The number of rotatable bonds is 8. The number of esters is 1. The Bertz CT molecular complexity index is 700. The lowest BCUT2D eigenvalue weighted by Crippen LogP contribution is -2.47. The minimum absolute atomic E-state index is 0.0986. The van der Waals surface area contributed by atoms with E-state index in [0.29, 0.717) is 17.9 Å². The second-order valence-electron chi connectivity index (χ2n) is 6.77. The van der Waals surface area contributed by atoms with Crippen molar-refractivity contribution in [3.63, 3.8) is 0 Å². The predicted molar refractivity (Wildman–Crippen MR) is 102 cm³/mol. The van der Waals surface area contributed by atoms with Crippen molar-refractivity contribution in [1.29, 1.82) is 0 Å². The number of amides is 3. The van der Waals surface area contributed by atoms with E-state index in [1.54, 1.807) is 26.4 Å². The molecule has 0 bridgehead atoms. The number of carbonyl (C=O) groups is 3. The number of hydrogen-bond donors (Lipinski definition) is 2. The van der Waals surface area contributed by atoms with E-state index in [9.17, 15) is 14.4 Å². The van der Waals surface area contributed by atoms with Crippen molar-refractivity contribution < 1.29 is 28.6 Å². The van der Waals surface area contributed by atoms with Crippen LogP contribution in [0.1, 0.15) is 44.6 Å². The standard InChI is InChI=1S/C20H28N2O6/c1-13(19(24)22-20(25)21-15-6-4-5-7-15)28-18(23)11-9-14-8-10-16(26-2)17(12-14)27-3/h8,10,12-13,15H,4-7,9,11H2,1-3H3,(H2,21,22,24,25)/t13-/m1/s1. The minimum Gasteiger partial charge on any atom is -0.493 e. The summed E-state index contributed by atoms with van der Waals surface area (Å²) < 4.78 is 15.5. The van der Waals surface area contributed by atoms with Gasteiger partial charge in [0.2, 0.25) is 0 Å². The Morgan fingerprint density at radius 2 is 1.79 bits per heavy atom. The Morgan fingerprint density at radius 1 is 1.11 bits per heavy atom. The van der Waals surface area contributed by atoms with E-state index in [1.807, 2.05) is 6.07 Å². The predicted octanol–water partition coefficient (Wildman–Crippen LogP) is 2.34. The lowest BCUT2D eigenvalue weighted by Gasteiger charge is -2.15. The molecule has 1 aliphatic carbocycles. The average Bonchev–Trinajstić information content (AvgIpc) is 3.18. The summed E-state index contributed by atoms with van der Waals surface area (Å²) in [5.41, 5.74) is 0.877. The maximum atomic E-state index is 12.0. The summed E-state index contributed by atoms with van der Waals surface area (Å²) in [5.74, 6) is 0.0213. The number of aryl methyl sites for hydroxylation is 1. The third kappa shape index (κ3) is 6.44. The zero-order chi connectivity index (χ0) is 20.5. The molecule has 0 aliphatic heterocycles. The lowest BCUT2D eigenvalue weighted by molar-refractivity contribution is -0.154. The summed E-state index contributed by atoms with van der Waals surface area (Å²) in [7, 11) is 3.09. The molecule has 1 saturated carbocycles. The van der Waals surface area contributed by atoms with Crippen LogP contribution in [0.2, 0.25) is 0 Å². The smallest absolute Gasteiger partial charge is 0.321 e. The SMILES string of the molecule is COc1ccc(CCC(=O)O[C@H](C)C(=O)NC(=O)NC2CCCC2)cc1OC. The molecule has 0 unspecified atom stereocenters. The number of urea groups is 1. The molecule has 8 heteroatoms. The van der Waals surface area contributed by atoms with Crippen LogP contribution < -0.4 is 20.1 Å². The van der Waals surface area contributed by atoms with Crippen LogP contribution in [-0.4, -0.2) is 44.3 Å². The fourth-order valence-electron chi connectivity index (χ4n) is 3.10. The Morgan fingerprint density at radius 3 is 2.43 bits per heavy atom. The van der Waals surface area contributed by atoms with E-state index in [-0.39, 0.29) is 12.5 Å². The summed E-state index contributed by atoms with van der Waals surface area (Å²) in [6.45, 7) is 1.44. The van der Waals surface area contributed by atoms with Crippen molar-refractivity contribution in [1.82, 2.24) is 10.6 Å². The average molecular weight is 392 g/mol. The normalized spacial score (nSPS) is 14.8.